The highest BCUT2D eigenvalue weighted by molar-refractivity contribution is 7.91. The first-order valence-corrected chi connectivity index (χ1v) is 8.58. The van der Waals surface area contributed by atoms with Crippen LogP contribution in [0.4, 0.5) is 0 Å². The van der Waals surface area contributed by atoms with Crippen LogP contribution in [0.1, 0.15) is 32.1 Å². The van der Waals surface area contributed by atoms with Gasteiger partial charge in [-0.2, -0.15) is 0 Å². The fourth-order valence-corrected chi connectivity index (χ4v) is 4.21. The largest absolute Gasteiger partial charge is 0.356 e. The lowest BCUT2D eigenvalue weighted by molar-refractivity contribution is -0.121. The standard InChI is InChI=1S/C12H22N2O3S/c15-12(14-8-10-3-1-2-4-10)7-11-9-18(16,17)6-5-13-11/h10-11,13H,1-9H2,(H,14,15). The van der Waals surface area contributed by atoms with Crippen molar-refractivity contribution in [3.63, 3.8) is 0 Å². The van der Waals surface area contributed by atoms with Crippen molar-refractivity contribution < 1.29 is 13.2 Å². The minimum Gasteiger partial charge on any atom is -0.356 e. The lowest BCUT2D eigenvalue weighted by Crippen LogP contribution is -2.47. The summed E-state index contributed by atoms with van der Waals surface area (Å²) in [5.41, 5.74) is 0. The zero-order valence-corrected chi connectivity index (χ0v) is 11.5. The topological polar surface area (TPSA) is 75.3 Å². The fraction of sp³-hybridized carbons (Fsp3) is 0.917. The van der Waals surface area contributed by atoms with Gasteiger partial charge >= 0.3 is 0 Å². The van der Waals surface area contributed by atoms with E-state index >= 15 is 0 Å². The lowest BCUT2D eigenvalue weighted by atomic mass is 10.1. The molecule has 0 bridgehead atoms. The molecule has 0 aromatic rings. The maximum atomic E-state index is 11.7. The number of carbonyl (C=O) groups excluding carboxylic acids is 1. The molecule has 1 amide bonds. The Morgan fingerprint density at radius 1 is 1.28 bits per heavy atom. The van der Waals surface area contributed by atoms with Crippen molar-refractivity contribution in [1.82, 2.24) is 10.6 Å². The molecule has 1 aliphatic carbocycles. The third kappa shape index (κ3) is 4.24. The molecule has 104 valence electrons. The number of amides is 1. The molecule has 0 radical (unpaired) electrons. The molecule has 1 atom stereocenters. The maximum absolute atomic E-state index is 11.7. The van der Waals surface area contributed by atoms with Crippen molar-refractivity contribution >= 4 is 15.7 Å². The Bertz CT molecular complexity index is 388. The van der Waals surface area contributed by atoms with Crippen molar-refractivity contribution in [2.45, 2.75) is 38.1 Å². The summed E-state index contributed by atoms with van der Waals surface area (Å²) in [6.45, 7) is 1.21. The van der Waals surface area contributed by atoms with E-state index in [-0.39, 0.29) is 29.9 Å². The van der Waals surface area contributed by atoms with Crippen LogP contribution in [0.2, 0.25) is 0 Å². The average molecular weight is 274 g/mol. The van der Waals surface area contributed by atoms with Gasteiger partial charge < -0.3 is 10.6 Å². The van der Waals surface area contributed by atoms with Gasteiger partial charge in [0.1, 0.15) is 0 Å². The van der Waals surface area contributed by atoms with Gasteiger partial charge in [0, 0.05) is 25.6 Å². The second-order valence-corrected chi connectivity index (χ2v) is 7.65. The molecule has 2 aliphatic rings. The van der Waals surface area contributed by atoms with E-state index in [0.29, 0.717) is 12.5 Å². The van der Waals surface area contributed by atoms with Gasteiger partial charge in [0.2, 0.25) is 5.91 Å². The number of rotatable bonds is 4. The highest BCUT2D eigenvalue weighted by atomic mass is 32.2. The first kappa shape index (κ1) is 13.8. The molecule has 1 heterocycles. The molecule has 6 heteroatoms. The van der Waals surface area contributed by atoms with Crippen LogP contribution in [0.3, 0.4) is 0 Å². The van der Waals surface area contributed by atoms with Crippen molar-refractivity contribution in [2.24, 2.45) is 5.92 Å². The molecule has 18 heavy (non-hydrogen) atoms. The molecule has 5 nitrogen and oxygen atoms in total. The van der Waals surface area contributed by atoms with Gasteiger partial charge in [0.05, 0.1) is 11.5 Å². The van der Waals surface area contributed by atoms with Crippen LogP contribution in [0, 0.1) is 5.92 Å². The summed E-state index contributed by atoms with van der Waals surface area (Å²) in [4.78, 5) is 11.7. The van der Waals surface area contributed by atoms with E-state index in [1.54, 1.807) is 0 Å². The summed E-state index contributed by atoms with van der Waals surface area (Å²) >= 11 is 0. The second-order valence-electron chi connectivity index (χ2n) is 5.42. The molecule has 0 aromatic carbocycles. The SMILES string of the molecule is O=C(CC1CS(=O)(=O)CCN1)NCC1CCCC1. The highest BCUT2D eigenvalue weighted by Crippen LogP contribution is 2.23. The Morgan fingerprint density at radius 3 is 2.67 bits per heavy atom. The van der Waals surface area contributed by atoms with Crippen molar-refractivity contribution in [2.75, 3.05) is 24.6 Å². The van der Waals surface area contributed by atoms with Crippen LogP contribution in [0.15, 0.2) is 0 Å². The molecule has 2 rings (SSSR count). The number of carbonyl (C=O) groups is 1. The van der Waals surface area contributed by atoms with Gasteiger partial charge in [0.15, 0.2) is 9.84 Å². The van der Waals surface area contributed by atoms with E-state index in [2.05, 4.69) is 10.6 Å². The zero-order valence-electron chi connectivity index (χ0n) is 10.7. The van der Waals surface area contributed by atoms with E-state index in [9.17, 15) is 13.2 Å². The van der Waals surface area contributed by atoms with Crippen molar-refractivity contribution in [1.29, 1.82) is 0 Å². The zero-order chi connectivity index (χ0) is 13.0. The first-order chi connectivity index (χ1) is 8.55. The maximum Gasteiger partial charge on any atom is 0.221 e. The Kier molecular flexibility index (Phi) is 4.61. The van der Waals surface area contributed by atoms with Gasteiger partial charge in [-0.3, -0.25) is 4.79 Å². The monoisotopic (exact) mass is 274 g/mol. The molecule has 0 spiro atoms. The number of nitrogens with one attached hydrogen (secondary N) is 2. The van der Waals surface area contributed by atoms with Crippen LogP contribution >= 0.6 is 0 Å². The average Bonchev–Trinajstić information content (AvgIpc) is 2.77. The molecule has 1 unspecified atom stereocenters. The summed E-state index contributed by atoms with van der Waals surface area (Å²) in [6, 6.07) is -0.215. The van der Waals surface area contributed by atoms with E-state index in [1.165, 1.54) is 25.7 Å². The number of hydrogen-bond donors (Lipinski definition) is 2. The Morgan fingerprint density at radius 2 is 2.00 bits per heavy atom. The molecule has 1 saturated carbocycles. The summed E-state index contributed by atoms with van der Waals surface area (Å²) in [6.07, 6.45) is 5.21. The summed E-state index contributed by atoms with van der Waals surface area (Å²) in [5, 5.41) is 6.02. The summed E-state index contributed by atoms with van der Waals surface area (Å²) < 4.78 is 22.9. The van der Waals surface area contributed by atoms with E-state index in [0.717, 1.165) is 6.54 Å². The Hall–Kier alpha value is -0.620. The van der Waals surface area contributed by atoms with E-state index < -0.39 is 9.84 Å². The quantitative estimate of drug-likeness (QED) is 0.761. The molecule has 1 saturated heterocycles. The van der Waals surface area contributed by atoms with Crippen molar-refractivity contribution in [3.05, 3.63) is 0 Å². The predicted octanol–water partition coefficient (Wildman–Crippen LogP) is 0.0695. The predicted molar refractivity (Wildman–Crippen MR) is 70.0 cm³/mol. The van der Waals surface area contributed by atoms with E-state index in [1.807, 2.05) is 0 Å². The molecule has 2 N–H and O–H groups in total. The van der Waals surface area contributed by atoms with Gasteiger partial charge in [0.25, 0.3) is 0 Å². The molecular weight excluding hydrogens is 252 g/mol. The third-order valence-corrected chi connectivity index (χ3v) is 5.53. The van der Waals surface area contributed by atoms with Crippen LogP contribution in [-0.2, 0) is 14.6 Å². The molecular formula is C12H22N2O3S. The normalized spacial score (nSPS) is 28.1. The summed E-state index contributed by atoms with van der Waals surface area (Å²) in [5.74, 6) is 0.866. The summed E-state index contributed by atoms with van der Waals surface area (Å²) in [7, 11) is -2.95. The van der Waals surface area contributed by atoms with Crippen LogP contribution in [0.25, 0.3) is 0 Å². The highest BCUT2D eigenvalue weighted by Gasteiger charge is 2.26. The Balaban J connectivity index is 1.70. The van der Waals surface area contributed by atoms with Crippen LogP contribution in [0.5, 0.6) is 0 Å². The van der Waals surface area contributed by atoms with E-state index in [4.69, 9.17) is 0 Å². The Labute approximate surface area is 109 Å². The fourth-order valence-electron chi connectivity index (χ4n) is 2.77. The van der Waals surface area contributed by atoms with Crippen LogP contribution < -0.4 is 10.6 Å². The van der Waals surface area contributed by atoms with Gasteiger partial charge in [-0.1, -0.05) is 12.8 Å². The van der Waals surface area contributed by atoms with Gasteiger partial charge in [-0.05, 0) is 18.8 Å². The third-order valence-electron chi connectivity index (χ3n) is 3.80. The van der Waals surface area contributed by atoms with Gasteiger partial charge in [-0.25, -0.2) is 8.42 Å². The lowest BCUT2D eigenvalue weighted by Gasteiger charge is -2.23. The minimum atomic E-state index is -2.95. The molecule has 1 aliphatic heterocycles. The van der Waals surface area contributed by atoms with Gasteiger partial charge in [-0.15, -0.1) is 0 Å². The molecule has 2 fully saturated rings. The smallest absolute Gasteiger partial charge is 0.221 e. The first-order valence-electron chi connectivity index (χ1n) is 6.76. The number of sulfone groups is 1. The number of hydrogen-bond acceptors (Lipinski definition) is 4. The molecule has 0 aromatic heterocycles. The second kappa shape index (κ2) is 6.02. The minimum absolute atomic E-state index is 0.0310. The van der Waals surface area contributed by atoms with Crippen LogP contribution in [-0.4, -0.2) is 45.0 Å². The van der Waals surface area contributed by atoms with Crippen molar-refractivity contribution in [3.8, 4) is 0 Å².